The molecule has 1 aliphatic rings. The molecule has 0 saturated carbocycles. The molecule has 0 aliphatic carbocycles. The van der Waals surface area contributed by atoms with Crippen LogP contribution in [0.25, 0.3) is 5.76 Å². The summed E-state index contributed by atoms with van der Waals surface area (Å²) in [7, 11) is 3.11. The lowest BCUT2D eigenvalue weighted by Gasteiger charge is -2.26. The highest BCUT2D eigenvalue weighted by atomic mass is 16.5. The highest BCUT2D eigenvalue weighted by molar-refractivity contribution is 6.51. The summed E-state index contributed by atoms with van der Waals surface area (Å²) in [6.45, 7) is 5.70. The van der Waals surface area contributed by atoms with Gasteiger partial charge in [0.15, 0.2) is 0 Å². The molecule has 7 nitrogen and oxygen atoms in total. The molecule has 1 saturated heterocycles. The van der Waals surface area contributed by atoms with Gasteiger partial charge >= 0.3 is 0 Å². The maximum Gasteiger partial charge on any atom is 0.300 e. The van der Waals surface area contributed by atoms with Gasteiger partial charge in [-0.05, 0) is 86.5 Å². The van der Waals surface area contributed by atoms with Crippen LogP contribution in [0, 0.1) is 6.92 Å². The number of Topliss-reactive ketones (excluding diaryl/α,β-unsaturated/α-hetero) is 1. The number of hydrogen-bond acceptors (Lipinski definition) is 6. The smallest absolute Gasteiger partial charge is 0.300 e. The number of rotatable bonds is 7. The number of aliphatic hydroxyl groups excluding tert-OH is 1. The van der Waals surface area contributed by atoms with E-state index in [4.69, 9.17) is 14.2 Å². The number of aryl methyl sites for hydroxylation is 1. The Morgan fingerprint density at radius 2 is 1.64 bits per heavy atom. The minimum Gasteiger partial charge on any atom is -0.507 e. The molecule has 1 aliphatic heterocycles. The predicted molar refractivity (Wildman–Crippen MR) is 138 cm³/mol. The first-order chi connectivity index (χ1) is 17.2. The minimum atomic E-state index is -0.862. The lowest BCUT2D eigenvalue weighted by Crippen LogP contribution is -2.29. The first-order valence-electron chi connectivity index (χ1n) is 11.6. The van der Waals surface area contributed by atoms with Crippen LogP contribution in [0.4, 0.5) is 5.69 Å². The molecule has 0 bridgehead atoms. The first kappa shape index (κ1) is 24.9. The van der Waals surface area contributed by atoms with Gasteiger partial charge in [0.05, 0.1) is 31.9 Å². The fourth-order valence-corrected chi connectivity index (χ4v) is 4.36. The number of hydrogen-bond donors (Lipinski definition) is 1. The van der Waals surface area contributed by atoms with E-state index in [1.807, 2.05) is 20.8 Å². The van der Waals surface area contributed by atoms with Crippen molar-refractivity contribution in [2.24, 2.45) is 0 Å². The Morgan fingerprint density at radius 3 is 2.25 bits per heavy atom. The molecule has 3 aromatic rings. The molecule has 1 N–H and O–H groups in total. The summed E-state index contributed by atoms with van der Waals surface area (Å²) in [5, 5.41) is 11.4. The number of amides is 1. The lowest BCUT2D eigenvalue weighted by molar-refractivity contribution is -0.132. The monoisotopic (exact) mass is 487 g/mol. The van der Waals surface area contributed by atoms with Crippen molar-refractivity contribution in [2.45, 2.75) is 32.9 Å². The molecular formula is C29H29NO6. The second kappa shape index (κ2) is 10.2. The molecule has 36 heavy (non-hydrogen) atoms. The Hall–Kier alpha value is -4.26. The topological polar surface area (TPSA) is 85.3 Å². The van der Waals surface area contributed by atoms with Crippen molar-refractivity contribution in [3.05, 3.63) is 89.0 Å². The maximum atomic E-state index is 13.4. The minimum absolute atomic E-state index is 0.000303. The van der Waals surface area contributed by atoms with Crippen LogP contribution in [0.5, 0.6) is 17.2 Å². The number of carbonyl (C=O) groups excluding carboxylic acids is 2. The van der Waals surface area contributed by atoms with E-state index in [2.05, 4.69) is 0 Å². The van der Waals surface area contributed by atoms with E-state index in [1.165, 1.54) is 4.90 Å². The highest BCUT2D eigenvalue weighted by Crippen LogP contribution is 2.43. The van der Waals surface area contributed by atoms with Gasteiger partial charge in [-0.15, -0.1) is 0 Å². The zero-order chi connectivity index (χ0) is 26.0. The third kappa shape index (κ3) is 4.64. The number of methoxy groups -OCH3 is 2. The molecule has 1 amide bonds. The Morgan fingerprint density at radius 1 is 0.917 bits per heavy atom. The van der Waals surface area contributed by atoms with Gasteiger partial charge in [0.2, 0.25) is 0 Å². The second-order valence-corrected chi connectivity index (χ2v) is 8.79. The summed E-state index contributed by atoms with van der Waals surface area (Å²) in [5.74, 6) is 0.119. The van der Waals surface area contributed by atoms with Crippen molar-refractivity contribution in [1.29, 1.82) is 0 Å². The van der Waals surface area contributed by atoms with E-state index in [9.17, 15) is 14.7 Å². The van der Waals surface area contributed by atoms with E-state index >= 15 is 0 Å². The van der Waals surface area contributed by atoms with Gasteiger partial charge in [-0.3, -0.25) is 14.5 Å². The molecule has 4 rings (SSSR count). The van der Waals surface area contributed by atoms with Gasteiger partial charge < -0.3 is 19.3 Å². The summed E-state index contributed by atoms with van der Waals surface area (Å²) in [6, 6.07) is 18.3. The fraction of sp³-hybridized carbons (Fsp3) is 0.241. The van der Waals surface area contributed by atoms with Crippen molar-refractivity contribution in [3.63, 3.8) is 0 Å². The number of ether oxygens (including phenoxy) is 3. The van der Waals surface area contributed by atoms with Crippen LogP contribution in [-0.2, 0) is 9.59 Å². The molecular weight excluding hydrogens is 458 g/mol. The van der Waals surface area contributed by atoms with Crippen molar-refractivity contribution in [1.82, 2.24) is 0 Å². The van der Waals surface area contributed by atoms with Crippen LogP contribution >= 0.6 is 0 Å². The molecule has 1 atom stereocenters. The molecule has 3 aromatic carbocycles. The molecule has 1 unspecified atom stereocenters. The lowest BCUT2D eigenvalue weighted by atomic mass is 9.94. The Balaban J connectivity index is 1.89. The molecule has 7 heteroatoms. The van der Waals surface area contributed by atoms with E-state index < -0.39 is 17.7 Å². The van der Waals surface area contributed by atoms with Crippen molar-refractivity contribution in [3.8, 4) is 17.2 Å². The summed E-state index contributed by atoms with van der Waals surface area (Å²) in [6.07, 6.45) is -0.00480. The van der Waals surface area contributed by atoms with Gasteiger partial charge in [-0.25, -0.2) is 0 Å². The SMILES string of the molecule is COc1cccc(C2/C(=C(/O)c3ccc(OC)c(C)c3)C(=O)C(=O)N2c2ccc(OC(C)C)cc2)c1. The number of carbonyl (C=O) groups is 2. The zero-order valence-corrected chi connectivity index (χ0v) is 20.9. The highest BCUT2D eigenvalue weighted by Gasteiger charge is 2.47. The van der Waals surface area contributed by atoms with Gasteiger partial charge in [-0.2, -0.15) is 0 Å². The largest absolute Gasteiger partial charge is 0.507 e. The summed E-state index contributed by atoms with van der Waals surface area (Å²) in [4.78, 5) is 28.1. The van der Waals surface area contributed by atoms with Crippen LogP contribution in [-0.4, -0.2) is 37.1 Å². The van der Waals surface area contributed by atoms with Crippen LogP contribution in [0.3, 0.4) is 0 Å². The van der Waals surface area contributed by atoms with Crippen LogP contribution in [0.1, 0.15) is 36.6 Å². The molecule has 0 aromatic heterocycles. The van der Waals surface area contributed by atoms with Crippen LogP contribution < -0.4 is 19.1 Å². The number of aliphatic hydroxyl groups is 1. The number of ketones is 1. The zero-order valence-electron chi connectivity index (χ0n) is 20.9. The summed E-state index contributed by atoms with van der Waals surface area (Å²) < 4.78 is 16.4. The Bertz CT molecular complexity index is 1330. The summed E-state index contributed by atoms with van der Waals surface area (Å²) in [5.41, 5.74) is 2.34. The predicted octanol–water partition coefficient (Wildman–Crippen LogP) is 5.43. The quantitative estimate of drug-likeness (QED) is 0.272. The van der Waals surface area contributed by atoms with E-state index in [1.54, 1.807) is 80.9 Å². The number of nitrogens with zero attached hydrogens (tertiary/aromatic N) is 1. The van der Waals surface area contributed by atoms with Crippen molar-refractivity contribution < 1.29 is 28.9 Å². The average molecular weight is 488 g/mol. The molecule has 1 heterocycles. The van der Waals surface area contributed by atoms with Crippen molar-refractivity contribution in [2.75, 3.05) is 19.1 Å². The van der Waals surface area contributed by atoms with Crippen LogP contribution in [0.2, 0.25) is 0 Å². The molecule has 186 valence electrons. The standard InChI is InChI=1S/C29H29NO6/c1-17(2)36-22-12-10-21(11-13-22)30-26(19-7-6-8-23(16-19)34-4)25(28(32)29(30)33)27(31)20-9-14-24(35-5)18(3)15-20/h6-17,26,31H,1-5H3/b27-25-. The van der Waals surface area contributed by atoms with Gasteiger partial charge in [0.1, 0.15) is 23.0 Å². The maximum absolute atomic E-state index is 13.4. The third-order valence-electron chi connectivity index (χ3n) is 6.01. The van der Waals surface area contributed by atoms with E-state index in [0.29, 0.717) is 34.1 Å². The number of benzene rings is 3. The Labute approximate surface area is 210 Å². The second-order valence-electron chi connectivity index (χ2n) is 8.79. The van der Waals surface area contributed by atoms with Crippen molar-refractivity contribution >= 4 is 23.1 Å². The molecule has 1 fully saturated rings. The molecule has 0 radical (unpaired) electrons. The van der Waals surface area contributed by atoms with Gasteiger partial charge in [0, 0.05) is 11.3 Å². The van der Waals surface area contributed by atoms with Gasteiger partial charge in [-0.1, -0.05) is 12.1 Å². The van der Waals surface area contributed by atoms with Gasteiger partial charge in [0.25, 0.3) is 11.7 Å². The third-order valence-corrected chi connectivity index (χ3v) is 6.01. The fourth-order valence-electron chi connectivity index (χ4n) is 4.36. The molecule has 0 spiro atoms. The number of anilines is 1. The van der Waals surface area contributed by atoms with E-state index in [-0.39, 0.29) is 17.4 Å². The van der Waals surface area contributed by atoms with Crippen LogP contribution in [0.15, 0.2) is 72.3 Å². The summed E-state index contributed by atoms with van der Waals surface area (Å²) >= 11 is 0. The Kier molecular flexibility index (Phi) is 7.01. The first-order valence-corrected chi connectivity index (χ1v) is 11.6. The normalized spacial score (nSPS) is 16.9. The van der Waals surface area contributed by atoms with E-state index in [0.717, 1.165) is 5.56 Å². The average Bonchev–Trinajstić information content (AvgIpc) is 3.14.